The molecule has 0 aromatic heterocycles. The molecular formula is C7H15B. The zero-order valence-corrected chi connectivity index (χ0v) is 4.46. The highest BCUT2D eigenvalue weighted by molar-refractivity contribution is 6.57. The maximum atomic E-state index is 7.72. The summed E-state index contributed by atoms with van der Waals surface area (Å²) < 4.78 is 74.4. The lowest BCUT2D eigenvalue weighted by Crippen LogP contribution is -2.07. The van der Waals surface area contributed by atoms with Gasteiger partial charge in [0.05, 0.1) is 0 Å². The SMILES string of the molecule is [2H]C1C([2H])C([2H])C(B(C([2H])([2H])[2H])C([2H])([2H])[2H])C1[2H]. The number of hydrogen-bond acceptors (Lipinski definition) is 0. The Morgan fingerprint density at radius 2 is 2.12 bits per heavy atom. The lowest BCUT2D eigenvalue weighted by molar-refractivity contribution is 0.856. The first kappa shape index (κ1) is 1.23. The van der Waals surface area contributed by atoms with Gasteiger partial charge < -0.3 is 0 Å². The van der Waals surface area contributed by atoms with Crippen molar-refractivity contribution >= 4 is 6.71 Å². The molecule has 0 aromatic rings. The maximum absolute atomic E-state index is 7.72. The zero-order chi connectivity index (χ0) is 14.5. The van der Waals surface area contributed by atoms with Crippen LogP contribution in [-0.2, 0) is 0 Å². The second-order valence-electron chi connectivity index (χ2n) is 1.82. The van der Waals surface area contributed by atoms with E-state index < -0.39 is 51.6 Å². The van der Waals surface area contributed by atoms with Crippen molar-refractivity contribution in [1.29, 1.82) is 0 Å². The highest BCUT2D eigenvalue weighted by Gasteiger charge is 2.19. The van der Waals surface area contributed by atoms with Crippen LogP contribution in [0.3, 0.4) is 0 Å². The van der Waals surface area contributed by atoms with Crippen molar-refractivity contribution < 1.29 is 13.7 Å². The minimum absolute atomic E-state index is 1.23. The average Bonchev–Trinajstić information content (AvgIpc) is 2.31. The van der Waals surface area contributed by atoms with E-state index in [4.69, 9.17) is 13.7 Å². The van der Waals surface area contributed by atoms with Crippen LogP contribution >= 0.6 is 0 Å². The summed E-state index contributed by atoms with van der Waals surface area (Å²) in [6.07, 6.45) is -5.10. The Morgan fingerprint density at radius 1 is 1.50 bits per heavy atom. The molecular weight excluding hydrogens is 94.9 g/mol. The minimum atomic E-state index is -2.82. The molecule has 0 saturated heterocycles. The third-order valence-electron chi connectivity index (χ3n) is 1.16. The Balaban J connectivity index is 3.16. The smallest absolute Gasteiger partial charge is 0.0861 e. The van der Waals surface area contributed by atoms with E-state index in [-0.39, 0.29) is 0 Å². The molecule has 8 heavy (non-hydrogen) atoms. The van der Waals surface area contributed by atoms with Gasteiger partial charge in [-0.2, -0.15) is 0 Å². The molecule has 0 amide bonds. The molecule has 4 unspecified atom stereocenters. The van der Waals surface area contributed by atoms with Crippen LogP contribution < -0.4 is 0 Å². The van der Waals surface area contributed by atoms with Gasteiger partial charge in [-0.15, -0.1) is 0 Å². The van der Waals surface area contributed by atoms with Gasteiger partial charge in [0, 0.05) is 13.7 Å². The largest absolute Gasteiger partial charge is 0.136 e. The maximum Gasteiger partial charge on any atom is 0.136 e. The summed E-state index contributed by atoms with van der Waals surface area (Å²) in [5.41, 5.74) is 0. The molecule has 1 aliphatic carbocycles. The fraction of sp³-hybridized carbons (Fsp3) is 1.00. The van der Waals surface area contributed by atoms with E-state index in [0.29, 0.717) is 0 Å². The molecule has 1 fully saturated rings. The molecule has 46 valence electrons. The van der Waals surface area contributed by atoms with Crippen LogP contribution in [0.15, 0.2) is 0 Å². The molecule has 0 N–H and O–H groups in total. The van der Waals surface area contributed by atoms with Crippen molar-refractivity contribution in [2.75, 3.05) is 0 Å². The summed E-state index contributed by atoms with van der Waals surface area (Å²) in [6, 6.07) is 0. The van der Waals surface area contributed by atoms with Gasteiger partial charge in [-0.1, -0.05) is 44.9 Å². The predicted octanol–water partition coefficient (Wildman–Crippen LogP) is 2.69. The Kier molecular flexibility index (Phi) is 0.396. The van der Waals surface area contributed by atoms with E-state index in [9.17, 15) is 0 Å². The van der Waals surface area contributed by atoms with E-state index in [1.165, 1.54) is 0 Å². The van der Waals surface area contributed by atoms with Crippen molar-refractivity contribution in [2.45, 2.75) is 44.9 Å². The van der Waals surface area contributed by atoms with E-state index in [0.717, 1.165) is 0 Å². The third-order valence-corrected chi connectivity index (χ3v) is 1.16. The van der Waals surface area contributed by atoms with Crippen molar-refractivity contribution in [1.82, 2.24) is 0 Å². The molecule has 1 heteroatoms. The lowest BCUT2D eigenvalue weighted by atomic mass is 9.44. The summed E-state index contributed by atoms with van der Waals surface area (Å²) in [4.78, 5) is 0. The molecule has 0 aliphatic heterocycles. The van der Waals surface area contributed by atoms with Gasteiger partial charge in [-0.05, 0) is 0 Å². The van der Waals surface area contributed by atoms with Gasteiger partial charge in [-0.25, -0.2) is 0 Å². The first-order valence-electron chi connectivity index (χ1n) is 7.89. The highest BCUT2D eigenvalue weighted by atomic mass is 14.1. The molecule has 0 spiro atoms. The van der Waals surface area contributed by atoms with Crippen LogP contribution in [0.1, 0.15) is 39.3 Å². The van der Waals surface area contributed by atoms with Crippen molar-refractivity contribution in [3.8, 4) is 0 Å². The van der Waals surface area contributed by atoms with Gasteiger partial charge in [0.1, 0.15) is 6.71 Å². The van der Waals surface area contributed by atoms with Crippen LogP contribution in [0.4, 0.5) is 0 Å². The van der Waals surface area contributed by atoms with Crippen molar-refractivity contribution in [2.24, 2.45) is 0 Å². The second-order valence-corrected chi connectivity index (χ2v) is 1.82. The standard InChI is InChI=1S/C7H15B/c1-8(2)7-5-3-4-6-7/h7H,3-6H2,1-2H3/i1D3,2D3,3D,4D,5D,6D. The molecule has 1 rings (SSSR count). The summed E-state index contributed by atoms with van der Waals surface area (Å²) in [7, 11) is 0. The number of hydrogen-bond donors (Lipinski definition) is 0. The van der Waals surface area contributed by atoms with Crippen LogP contribution in [0, 0.1) is 0 Å². The lowest BCUT2D eigenvalue weighted by Gasteiger charge is -2.07. The van der Waals surface area contributed by atoms with Crippen LogP contribution in [0.2, 0.25) is 19.3 Å². The first-order valence-corrected chi connectivity index (χ1v) is 2.58. The van der Waals surface area contributed by atoms with Crippen LogP contribution in [-0.4, -0.2) is 6.71 Å². The van der Waals surface area contributed by atoms with E-state index in [1.54, 1.807) is 0 Å². The Bertz CT molecular complexity index is 270. The van der Waals surface area contributed by atoms with Gasteiger partial charge in [-0.3, -0.25) is 0 Å². The van der Waals surface area contributed by atoms with Crippen LogP contribution in [0.25, 0.3) is 0 Å². The molecule has 0 heterocycles. The average molecular weight is 120 g/mol. The number of rotatable bonds is 1. The van der Waals surface area contributed by atoms with E-state index in [2.05, 4.69) is 0 Å². The summed E-state index contributed by atoms with van der Waals surface area (Å²) in [5.74, 6) is -1.30. The van der Waals surface area contributed by atoms with Gasteiger partial charge in [0.15, 0.2) is 0 Å². The highest BCUT2D eigenvalue weighted by Crippen LogP contribution is 2.32. The first-order chi connectivity index (χ1) is 7.89. The Labute approximate surface area is 66.8 Å². The molecule has 1 aliphatic rings. The monoisotopic (exact) mass is 120 g/mol. The third kappa shape index (κ3) is 1.27. The molecule has 0 aromatic carbocycles. The van der Waals surface area contributed by atoms with Gasteiger partial charge in [0.25, 0.3) is 0 Å². The van der Waals surface area contributed by atoms with Crippen molar-refractivity contribution in [3.05, 3.63) is 0 Å². The normalized spacial score (nSPS) is 86.8. The predicted molar refractivity (Wildman–Crippen MR) is 39.7 cm³/mol. The Hall–Kier alpha value is 0.0649. The van der Waals surface area contributed by atoms with Gasteiger partial charge in [0.2, 0.25) is 0 Å². The summed E-state index contributed by atoms with van der Waals surface area (Å²) >= 11 is 0. The fourth-order valence-electron chi connectivity index (χ4n) is 0.671. The van der Waals surface area contributed by atoms with Crippen LogP contribution in [0.5, 0.6) is 0 Å². The molecule has 0 nitrogen and oxygen atoms in total. The molecule has 4 atom stereocenters. The van der Waals surface area contributed by atoms with E-state index in [1.807, 2.05) is 0 Å². The zero-order valence-electron chi connectivity index (χ0n) is 14.5. The molecule has 0 radical (unpaired) electrons. The van der Waals surface area contributed by atoms with Gasteiger partial charge >= 0.3 is 0 Å². The minimum Gasteiger partial charge on any atom is -0.0861 e. The second kappa shape index (κ2) is 2.57. The quantitative estimate of drug-likeness (QED) is 0.466. The summed E-state index contributed by atoms with van der Waals surface area (Å²) in [6.45, 7) is -7.46. The summed E-state index contributed by atoms with van der Waals surface area (Å²) in [5, 5.41) is 0. The molecule has 1 saturated carbocycles. The van der Waals surface area contributed by atoms with E-state index >= 15 is 0 Å². The topological polar surface area (TPSA) is 0 Å². The van der Waals surface area contributed by atoms with Crippen molar-refractivity contribution in [3.63, 3.8) is 0 Å². The Morgan fingerprint density at radius 3 is 2.62 bits per heavy atom. The fourth-order valence-corrected chi connectivity index (χ4v) is 0.671. The molecule has 0 bridgehead atoms.